The average molecular weight is 478 g/mol. The highest BCUT2D eigenvalue weighted by Gasteiger charge is 2.49. The predicted molar refractivity (Wildman–Crippen MR) is 136 cm³/mol. The molecule has 0 spiro atoms. The van der Waals surface area contributed by atoms with Crippen molar-refractivity contribution in [2.75, 3.05) is 13.7 Å². The minimum Gasteiger partial charge on any atom is -0.507 e. The average Bonchev–Trinajstić information content (AvgIpc) is 3.13. The molecule has 0 radical (unpaired) electrons. The standard InChI is InChI=1S/C29H35NO5/c1-18(2)17-35-24-14-13-21(15-19(24)3)27(31)25-26(20-9-8-12-23(16-20)34-4)30(29(33)28(25)32)22-10-6-5-7-11-22/h8-9,12-16,18,22,26,31H,5-7,10-11,17H2,1-4H3/b27-25-. The van der Waals surface area contributed by atoms with Crippen LogP contribution in [0.2, 0.25) is 0 Å². The number of nitrogens with zero attached hydrogens (tertiary/aromatic N) is 1. The quantitative estimate of drug-likeness (QED) is 0.310. The third kappa shape index (κ3) is 5.07. The van der Waals surface area contributed by atoms with E-state index in [0.717, 1.165) is 49.0 Å². The smallest absolute Gasteiger partial charge is 0.295 e. The Morgan fingerprint density at radius 2 is 1.83 bits per heavy atom. The van der Waals surface area contributed by atoms with Crippen LogP contribution >= 0.6 is 0 Å². The van der Waals surface area contributed by atoms with Gasteiger partial charge in [0.25, 0.3) is 11.7 Å². The number of aliphatic hydroxyl groups is 1. The first-order valence-electron chi connectivity index (χ1n) is 12.5. The number of methoxy groups -OCH3 is 1. The van der Waals surface area contributed by atoms with Crippen LogP contribution in [0.1, 0.15) is 68.7 Å². The van der Waals surface area contributed by atoms with Gasteiger partial charge >= 0.3 is 0 Å². The van der Waals surface area contributed by atoms with Crippen LogP contribution in [0.3, 0.4) is 0 Å². The molecule has 2 aromatic rings. The van der Waals surface area contributed by atoms with Gasteiger partial charge in [0.1, 0.15) is 17.3 Å². The summed E-state index contributed by atoms with van der Waals surface area (Å²) in [6.45, 7) is 6.67. The monoisotopic (exact) mass is 477 g/mol. The molecule has 1 saturated carbocycles. The lowest BCUT2D eigenvalue weighted by atomic mass is 9.90. The van der Waals surface area contributed by atoms with Crippen molar-refractivity contribution < 1.29 is 24.2 Å². The summed E-state index contributed by atoms with van der Waals surface area (Å²) in [6.07, 6.45) is 4.89. The minimum absolute atomic E-state index is 0.0322. The SMILES string of the molecule is COc1cccc(C2/C(=C(/O)c3ccc(OCC(C)C)c(C)c3)C(=O)C(=O)N2C2CCCCC2)c1. The maximum Gasteiger partial charge on any atom is 0.295 e. The van der Waals surface area contributed by atoms with Crippen molar-refractivity contribution in [3.05, 3.63) is 64.7 Å². The number of hydrogen-bond donors (Lipinski definition) is 1. The zero-order valence-electron chi connectivity index (χ0n) is 21.0. The summed E-state index contributed by atoms with van der Waals surface area (Å²) in [5.41, 5.74) is 2.23. The molecule has 1 atom stereocenters. The highest BCUT2D eigenvalue weighted by Crippen LogP contribution is 2.43. The van der Waals surface area contributed by atoms with E-state index in [1.165, 1.54) is 0 Å². The van der Waals surface area contributed by atoms with Crippen LogP contribution in [0.15, 0.2) is 48.0 Å². The molecule has 4 rings (SSSR count). The molecule has 0 aromatic heterocycles. The molecule has 1 amide bonds. The number of Topliss-reactive ketones (excluding diaryl/α,β-unsaturated/α-hetero) is 1. The molecule has 2 aromatic carbocycles. The van der Waals surface area contributed by atoms with Crippen molar-refractivity contribution in [2.24, 2.45) is 5.92 Å². The van der Waals surface area contributed by atoms with Crippen molar-refractivity contribution in [1.29, 1.82) is 0 Å². The van der Waals surface area contributed by atoms with E-state index in [4.69, 9.17) is 9.47 Å². The third-order valence-electron chi connectivity index (χ3n) is 6.88. The van der Waals surface area contributed by atoms with Gasteiger partial charge in [0, 0.05) is 11.6 Å². The van der Waals surface area contributed by atoms with Crippen LogP contribution in [0.5, 0.6) is 11.5 Å². The van der Waals surface area contributed by atoms with E-state index < -0.39 is 17.7 Å². The van der Waals surface area contributed by atoms with Gasteiger partial charge in [0.2, 0.25) is 0 Å². The van der Waals surface area contributed by atoms with Crippen molar-refractivity contribution in [2.45, 2.75) is 65.0 Å². The molecule has 2 fully saturated rings. The number of aliphatic hydroxyl groups excluding tert-OH is 1. The van der Waals surface area contributed by atoms with Crippen molar-refractivity contribution in [3.63, 3.8) is 0 Å². The van der Waals surface area contributed by atoms with Crippen molar-refractivity contribution >= 4 is 17.4 Å². The molecule has 35 heavy (non-hydrogen) atoms. The van der Waals surface area contributed by atoms with Gasteiger partial charge in [-0.3, -0.25) is 9.59 Å². The van der Waals surface area contributed by atoms with E-state index in [9.17, 15) is 14.7 Å². The van der Waals surface area contributed by atoms with Gasteiger partial charge in [-0.25, -0.2) is 0 Å². The number of carbonyl (C=O) groups is 2. The molecule has 1 saturated heterocycles. The Labute approximate surface area is 207 Å². The van der Waals surface area contributed by atoms with Gasteiger partial charge in [0.15, 0.2) is 0 Å². The van der Waals surface area contributed by atoms with Gasteiger partial charge in [-0.15, -0.1) is 0 Å². The van der Waals surface area contributed by atoms with Crippen LogP contribution in [0, 0.1) is 12.8 Å². The largest absolute Gasteiger partial charge is 0.507 e. The fourth-order valence-corrected chi connectivity index (χ4v) is 5.10. The lowest BCUT2D eigenvalue weighted by Gasteiger charge is -2.35. The summed E-state index contributed by atoms with van der Waals surface area (Å²) in [5.74, 6) is 0.425. The van der Waals surface area contributed by atoms with Crippen LogP contribution in [0.25, 0.3) is 5.76 Å². The first kappa shape index (κ1) is 24.8. The van der Waals surface area contributed by atoms with E-state index >= 15 is 0 Å². The molecule has 186 valence electrons. The highest BCUT2D eigenvalue weighted by atomic mass is 16.5. The predicted octanol–water partition coefficient (Wildman–Crippen LogP) is 5.79. The maximum absolute atomic E-state index is 13.4. The summed E-state index contributed by atoms with van der Waals surface area (Å²) in [4.78, 5) is 28.4. The lowest BCUT2D eigenvalue weighted by molar-refractivity contribution is -0.141. The number of likely N-dealkylation sites (tertiary alicyclic amines) is 1. The van der Waals surface area contributed by atoms with E-state index in [1.807, 2.05) is 43.3 Å². The number of hydrogen-bond acceptors (Lipinski definition) is 5. The van der Waals surface area contributed by atoms with E-state index in [-0.39, 0.29) is 17.4 Å². The molecular weight excluding hydrogens is 442 g/mol. The summed E-state index contributed by atoms with van der Waals surface area (Å²) < 4.78 is 11.3. The van der Waals surface area contributed by atoms with E-state index in [2.05, 4.69) is 13.8 Å². The molecule has 1 heterocycles. The second kappa shape index (κ2) is 10.5. The summed E-state index contributed by atoms with van der Waals surface area (Å²) in [7, 11) is 1.59. The zero-order valence-corrected chi connectivity index (χ0v) is 21.0. The molecule has 2 aliphatic rings. The van der Waals surface area contributed by atoms with Gasteiger partial charge in [0.05, 0.1) is 25.3 Å². The fraction of sp³-hybridized carbons (Fsp3) is 0.448. The number of amides is 1. The Hall–Kier alpha value is -3.28. The minimum atomic E-state index is -0.662. The van der Waals surface area contributed by atoms with Crippen LogP contribution in [0.4, 0.5) is 0 Å². The molecule has 0 bridgehead atoms. The number of ketones is 1. The lowest BCUT2D eigenvalue weighted by Crippen LogP contribution is -2.40. The molecule has 1 aliphatic heterocycles. The van der Waals surface area contributed by atoms with Gasteiger partial charge in [-0.2, -0.15) is 0 Å². The van der Waals surface area contributed by atoms with Crippen LogP contribution < -0.4 is 9.47 Å². The Kier molecular flexibility index (Phi) is 7.48. The van der Waals surface area contributed by atoms with Crippen LogP contribution in [-0.4, -0.2) is 41.5 Å². The number of carbonyl (C=O) groups excluding carboxylic acids is 2. The number of aryl methyl sites for hydroxylation is 1. The summed E-state index contributed by atoms with van der Waals surface area (Å²) >= 11 is 0. The molecule has 1 unspecified atom stereocenters. The highest BCUT2D eigenvalue weighted by molar-refractivity contribution is 6.46. The normalized spacial score (nSPS) is 20.5. The Morgan fingerprint density at radius 1 is 1.09 bits per heavy atom. The molecule has 6 heteroatoms. The molecular formula is C29H35NO5. The Balaban J connectivity index is 1.80. The topological polar surface area (TPSA) is 76.1 Å². The van der Waals surface area contributed by atoms with E-state index in [0.29, 0.717) is 23.8 Å². The Bertz CT molecular complexity index is 1130. The molecule has 6 nitrogen and oxygen atoms in total. The molecule has 1 N–H and O–H groups in total. The van der Waals surface area contributed by atoms with Gasteiger partial charge in [-0.1, -0.05) is 45.2 Å². The third-order valence-corrected chi connectivity index (χ3v) is 6.88. The van der Waals surface area contributed by atoms with Gasteiger partial charge in [-0.05, 0) is 67.1 Å². The zero-order chi connectivity index (χ0) is 25.1. The first-order valence-corrected chi connectivity index (χ1v) is 12.5. The van der Waals surface area contributed by atoms with Crippen molar-refractivity contribution in [1.82, 2.24) is 4.90 Å². The second-order valence-electron chi connectivity index (χ2n) is 9.96. The Morgan fingerprint density at radius 3 is 2.49 bits per heavy atom. The number of ether oxygens (including phenoxy) is 2. The fourth-order valence-electron chi connectivity index (χ4n) is 5.10. The first-order chi connectivity index (χ1) is 16.8. The van der Waals surface area contributed by atoms with Crippen LogP contribution in [-0.2, 0) is 9.59 Å². The van der Waals surface area contributed by atoms with Gasteiger partial charge < -0.3 is 19.5 Å². The summed E-state index contributed by atoms with van der Waals surface area (Å²) in [5, 5.41) is 11.4. The van der Waals surface area contributed by atoms with Crippen molar-refractivity contribution in [3.8, 4) is 11.5 Å². The number of rotatable bonds is 7. The maximum atomic E-state index is 13.4. The van der Waals surface area contributed by atoms with E-state index in [1.54, 1.807) is 18.1 Å². The molecule has 1 aliphatic carbocycles. The second-order valence-corrected chi connectivity index (χ2v) is 9.96. The number of benzene rings is 2. The summed E-state index contributed by atoms with van der Waals surface area (Å²) in [6, 6.07) is 12.1.